The number of nitrogens with zero attached hydrogens (tertiary/aromatic N) is 3. The molecule has 1 atom stereocenters. The van der Waals surface area contributed by atoms with Gasteiger partial charge < -0.3 is 5.32 Å². The number of thioether (sulfide) groups is 1. The Labute approximate surface area is 191 Å². The molecule has 2 aromatic heterocycles. The summed E-state index contributed by atoms with van der Waals surface area (Å²) in [5.74, 6) is -0.168. The maximum absolute atomic E-state index is 13.2. The zero-order valence-corrected chi connectivity index (χ0v) is 19.1. The molecule has 0 aliphatic rings. The number of para-hydroxylation sites is 1. The minimum atomic E-state index is -0.466. The van der Waals surface area contributed by atoms with Crippen molar-refractivity contribution in [2.24, 2.45) is 0 Å². The minimum absolute atomic E-state index is 0.142. The van der Waals surface area contributed by atoms with Crippen LogP contribution in [0.4, 0.5) is 5.69 Å². The zero-order valence-electron chi connectivity index (χ0n) is 16.7. The molecule has 0 radical (unpaired) electrons. The van der Waals surface area contributed by atoms with E-state index in [0.717, 1.165) is 10.0 Å². The van der Waals surface area contributed by atoms with Crippen molar-refractivity contribution in [1.82, 2.24) is 14.5 Å². The first-order valence-electron chi connectivity index (χ1n) is 9.63. The highest BCUT2D eigenvalue weighted by molar-refractivity contribution is 9.10. The predicted octanol–water partition coefficient (Wildman–Crippen LogP) is 4.72. The van der Waals surface area contributed by atoms with E-state index >= 15 is 0 Å². The van der Waals surface area contributed by atoms with Crippen molar-refractivity contribution in [3.05, 3.63) is 93.4 Å². The monoisotopic (exact) mass is 494 g/mol. The largest absolute Gasteiger partial charge is 0.325 e. The van der Waals surface area contributed by atoms with Crippen molar-refractivity contribution in [3.8, 4) is 0 Å². The first-order valence-corrected chi connectivity index (χ1v) is 11.3. The number of halogens is 1. The number of hydrogen-bond acceptors (Lipinski definition) is 5. The highest BCUT2D eigenvalue weighted by Gasteiger charge is 2.20. The van der Waals surface area contributed by atoms with Crippen LogP contribution in [0.1, 0.15) is 12.5 Å². The molecule has 0 aliphatic heterocycles. The fraction of sp³-hybridized carbons (Fsp3) is 0.130. The number of pyridine rings is 1. The Morgan fingerprint density at radius 1 is 1.16 bits per heavy atom. The summed E-state index contributed by atoms with van der Waals surface area (Å²) in [4.78, 5) is 34.8. The van der Waals surface area contributed by atoms with Crippen molar-refractivity contribution in [1.29, 1.82) is 0 Å². The van der Waals surface area contributed by atoms with E-state index in [4.69, 9.17) is 4.98 Å². The fourth-order valence-electron chi connectivity index (χ4n) is 3.07. The van der Waals surface area contributed by atoms with Gasteiger partial charge in [0.05, 0.1) is 22.7 Å². The van der Waals surface area contributed by atoms with Gasteiger partial charge in [-0.1, -0.05) is 52.0 Å². The SMILES string of the molecule is CC(Sc1nc2ccccc2c(=O)n1Cc1cccnc1)C(=O)Nc1cccc(Br)c1. The van der Waals surface area contributed by atoms with Crippen LogP contribution in [0.5, 0.6) is 0 Å². The van der Waals surface area contributed by atoms with Crippen LogP contribution in [0.3, 0.4) is 0 Å². The van der Waals surface area contributed by atoms with Gasteiger partial charge in [-0.25, -0.2) is 4.98 Å². The zero-order chi connectivity index (χ0) is 21.8. The van der Waals surface area contributed by atoms with E-state index in [1.165, 1.54) is 11.8 Å². The number of rotatable bonds is 6. The Morgan fingerprint density at radius 3 is 2.77 bits per heavy atom. The number of hydrogen-bond donors (Lipinski definition) is 1. The summed E-state index contributed by atoms with van der Waals surface area (Å²) in [5, 5.41) is 3.48. The molecule has 0 aliphatic carbocycles. The Bertz CT molecular complexity index is 1290. The number of benzene rings is 2. The Balaban J connectivity index is 1.66. The third-order valence-corrected chi connectivity index (χ3v) is 6.22. The number of nitrogens with one attached hydrogen (secondary N) is 1. The Kier molecular flexibility index (Phi) is 6.48. The second kappa shape index (κ2) is 9.45. The van der Waals surface area contributed by atoms with Gasteiger partial charge in [0.15, 0.2) is 5.16 Å². The Hall–Kier alpha value is -2.97. The molecule has 4 rings (SSSR count). The Morgan fingerprint density at radius 2 is 2.00 bits per heavy atom. The van der Waals surface area contributed by atoms with E-state index in [2.05, 4.69) is 26.2 Å². The van der Waals surface area contributed by atoms with Gasteiger partial charge in [-0.3, -0.25) is 19.1 Å². The number of carbonyl (C=O) groups is 1. The summed E-state index contributed by atoms with van der Waals surface area (Å²) < 4.78 is 2.49. The molecule has 1 amide bonds. The summed E-state index contributed by atoms with van der Waals surface area (Å²) in [6.07, 6.45) is 3.41. The lowest BCUT2D eigenvalue weighted by molar-refractivity contribution is -0.115. The average molecular weight is 495 g/mol. The lowest BCUT2D eigenvalue weighted by Gasteiger charge is -2.16. The molecule has 1 unspecified atom stereocenters. The smallest absolute Gasteiger partial charge is 0.262 e. The van der Waals surface area contributed by atoms with E-state index in [9.17, 15) is 9.59 Å². The maximum Gasteiger partial charge on any atom is 0.262 e. The van der Waals surface area contributed by atoms with Gasteiger partial charge in [-0.2, -0.15) is 0 Å². The summed E-state index contributed by atoms with van der Waals surface area (Å²) in [7, 11) is 0. The lowest BCUT2D eigenvalue weighted by atomic mass is 10.2. The number of aromatic nitrogens is 3. The van der Waals surface area contributed by atoms with E-state index in [-0.39, 0.29) is 11.5 Å². The van der Waals surface area contributed by atoms with Gasteiger partial charge in [0, 0.05) is 22.6 Å². The molecule has 0 saturated heterocycles. The van der Waals surface area contributed by atoms with Gasteiger partial charge in [-0.05, 0) is 48.9 Å². The van der Waals surface area contributed by atoms with Crippen molar-refractivity contribution in [3.63, 3.8) is 0 Å². The summed E-state index contributed by atoms with van der Waals surface area (Å²) in [6.45, 7) is 2.13. The number of carbonyl (C=O) groups excluding carboxylic acids is 1. The number of fused-ring (bicyclic) bond motifs is 1. The minimum Gasteiger partial charge on any atom is -0.325 e. The van der Waals surface area contributed by atoms with Gasteiger partial charge in [0.2, 0.25) is 5.91 Å². The molecule has 1 N–H and O–H groups in total. The van der Waals surface area contributed by atoms with E-state index in [0.29, 0.717) is 28.3 Å². The van der Waals surface area contributed by atoms with E-state index < -0.39 is 5.25 Å². The van der Waals surface area contributed by atoms with Crippen molar-refractivity contribution < 1.29 is 4.79 Å². The standard InChI is InChI=1S/C23H19BrN4O2S/c1-15(21(29)26-18-8-4-7-17(24)12-18)31-23-27-20-10-3-2-9-19(20)22(30)28(23)14-16-6-5-11-25-13-16/h2-13,15H,14H2,1H3,(H,26,29). The average Bonchev–Trinajstić information content (AvgIpc) is 2.77. The molecule has 156 valence electrons. The number of anilines is 1. The van der Waals surface area contributed by atoms with Gasteiger partial charge >= 0.3 is 0 Å². The van der Waals surface area contributed by atoms with E-state index in [1.54, 1.807) is 36.0 Å². The van der Waals surface area contributed by atoms with Crippen LogP contribution in [0, 0.1) is 0 Å². The van der Waals surface area contributed by atoms with Crippen LogP contribution in [0.2, 0.25) is 0 Å². The van der Waals surface area contributed by atoms with E-state index in [1.807, 2.05) is 48.5 Å². The third kappa shape index (κ3) is 5.03. The van der Waals surface area contributed by atoms with Crippen LogP contribution in [0.25, 0.3) is 10.9 Å². The van der Waals surface area contributed by atoms with Crippen LogP contribution in [-0.4, -0.2) is 25.7 Å². The molecule has 0 saturated carbocycles. The normalized spacial score (nSPS) is 11.9. The third-order valence-electron chi connectivity index (χ3n) is 4.63. The van der Waals surface area contributed by atoms with Crippen LogP contribution in [-0.2, 0) is 11.3 Å². The summed E-state index contributed by atoms with van der Waals surface area (Å²) >= 11 is 4.66. The molecule has 0 bridgehead atoms. The van der Waals surface area contributed by atoms with Gasteiger partial charge in [0.25, 0.3) is 5.56 Å². The molecule has 0 fully saturated rings. The quantitative estimate of drug-likeness (QED) is 0.310. The van der Waals surface area contributed by atoms with Crippen LogP contribution in [0.15, 0.2) is 87.5 Å². The first-order chi connectivity index (χ1) is 15.0. The molecule has 31 heavy (non-hydrogen) atoms. The molecule has 6 nitrogen and oxygen atoms in total. The molecule has 2 heterocycles. The van der Waals surface area contributed by atoms with Gasteiger partial charge in [0.1, 0.15) is 0 Å². The highest BCUT2D eigenvalue weighted by Crippen LogP contribution is 2.25. The molecule has 8 heteroatoms. The molecular weight excluding hydrogens is 476 g/mol. The summed E-state index contributed by atoms with van der Waals surface area (Å²) in [5.41, 5.74) is 2.05. The molecule has 0 spiro atoms. The predicted molar refractivity (Wildman–Crippen MR) is 127 cm³/mol. The molecule has 2 aromatic carbocycles. The lowest BCUT2D eigenvalue weighted by Crippen LogP contribution is -2.27. The second-order valence-electron chi connectivity index (χ2n) is 6.92. The van der Waals surface area contributed by atoms with Crippen molar-refractivity contribution in [2.75, 3.05) is 5.32 Å². The summed E-state index contributed by atoms with van der Waals surface area (Å²) in [6, 6.07) is 18.4. The second-order valence-corrected chi connectivity index (χ2v) is 9.15. The topological polar surface area (TPSA) is 76.9 Å². The van der Waals surface area contributed by atoms with Crippen LogP contribution < -0.4 is 10.9 Å². The number of amides is 1. The van der Waals surface area contributed by atoms with Crippen molar-refractivity contribution in [2.45, 2.75) is 23.9 Å². The van der Waals surface area contributed by atoms with Crippen LogP contribution >= 0.6 is 27.7 Å². The van der Waals surface area contributed by atoms with Crippen molar-refractivity contribution >= 4 is 50.2 Å². The maximum atomic E-state index is 13.2. The molecule has 4 aromatic rings. The van der Waals surface area contributed by atoms with Gasteiger partial charge in [-0.15, -0.1) is 0 Å². The highest BCUT2D eigenvalue weighted by atomic mass is 79.9. The molecular formula is C23H19BrN4O2S. The first kappa shape index (κ1) is 21.3. The fourth-order valence-corrected chi connectivity index (χ4v) is 4.38.